The van der Waals surface area contributed by atoms with E-state index in [1.807, 2.05) is 11.8 Å². The van der Waals surface area contributed by atoms with Gasteiger partial charge in [0.15, 0.2) is 0 Å². The van der Waals surface area contributed by atoms with E-state index in [-0.39, 0.29) is 0 Å². The number of hydrogen-bond donors (Lipinski definition) is 1. The van der Waals surface area contributed by atoms with Crippen LogP contribution in [-0.4, -0.2) is 25.1 Å². The van der Waals surface area contributed by atoms with Gasteiger partial charge in [-0.15, -0.1) is 0 Å². The summed E-state index contributed by atoms with van der Waals surface area (Å²) in [4.78, 5) is 0. The summed E-state index contributed by atoms with van der Waals surface area (Å²) >= 11 is 1.94. The largest absolute Gasteiger partial charge is 0.316 e. The van der Waals surface area contributed by atoms with Crippen LogP contribution in [0.3, 0.4) is 0 Å². The van der Waals surface area contributed by atoms with Crippen molar-refractivity contribution < 1.29 is 0 Å². The van der Waals surface area contributed by atoms with E-state index in [1.165, 1.54) is 44.3 Å². The summed E-state index contributed by atoms with van der Waals surface area (Å²) in [7, 11) is 2.08. The monoisotopic (exact) mass is 203 g/mol. The molecule has 1 nitrogen and oxygen atoms in total. The third-order valence-electron chi connectivity index (χ3n) is 2.43. The Bertz CT molecular complexity index is 96.1. The van der Waals surface area contributed by atoms with E-state index in [4.69, 9.17) is 0 Å². The van der Waals surface area contributed by atoms with Gasteiger partial charge in [-0.2, -0.15) is 11.8 Å². The third kappa shape index (κ3) is 8.63. The second-order valence-corrected chi connectivity index (χ2v) is 4.55. The Morgan fingerprint density at radius 2 is 1.85 bits per heavy atom. The number of hydrogen-bond acceptors (Lipinski definition) is 2. The minimum Gasteiger partial charge on any atom is -0.316 e. The highest BCUT2D eigenvalue weighted by Crippen LogP contribution is 2.09. The second-order valence-electron chi connectivity index (χ2n) is 3.64. The molecular weight excluding hydrogens is 178 g/mol. The molecule has 0 saturated heterocycles. The Hall–Kier alpha value is 0.310. The molecule has 1 N–H and O–H groups in total. The molecule has 0 amide bonds. The van der Waals surface area contributed by atoms with Crippen LogP contribution in [0.25, 0.3) is 0 Å². The minimum absolute atomic E-state index is 0.733. The molecule has 0 aliphatic carbocycles. The van der Waals surface area contributed by atoms with Crippen molar-refractivity contribution in [3.8, 4) is 0 Å². The zero-order chi connectivity index (χ0) is 9.94. The zero-order valence-corrected chi connectivity index (χ0v) is 10.3. The molecule has 0 rings (SSSR count). The van der Waals surface area contributed by atoms with Crippen molar-refractivity contribution in [1.82, 2.24) is 5.32 Å². The molecule has 0 aromatic heterocycles. The zero-order valence-electron chi connectivity index (χ0n) is 9.44. The molecular formula is C11H25NS. The van der Waals surface area contributed by atoms with Gasteiger partial charge < -0.3 is 5.32 Å². The Balaban J connectivity index is 3.17. The van der Waals surface area contributed by atoms with Crippen molar-refractivity contribution in [1.29, 1.82) is 0 Å². The molecule has 0 aliphatic rings. The third-order valence-corrected chi connectivity index (χ3v) is 3.17. The average Bonchev–Trinajstić information content (AvgIpc) is 2.16. The van der Waals surface area contributed by atoms with E-state index in [9.17, 15) is 0 Å². The normalized spacial score (nSPS) is 13.2. The van der Waals surface area contributed by atoms with Gasteiger partial charge in [-0.3, -0.25) is 0 Å². The van der Waals surface area contributed by atoms with Gasteiger partial charge in [-0.05, 0) is 19.7 Å². The summed E-state index contributed by atoms with van der Waals surface area (Å²) in [6, 6.07) is 0.733. The lowest BCUT2D eigenvalue weighted by Crippen LogP contribution is -2.27. The molecule has 13 heavy (non-hydrogen) atoms. The quantitative estimate of drug-likeness (QED) is 0.577. The lowest BCUT2D eigenvalue weighted by Gasteiger charge is -2.14. The molecule has 1 unspecified atom stereocenters. The van der Waals surface area contributed by atoms with Gasteiger partial charge in [0.25, 0.3) is 0 Å². The van der Waals surface area contributed by atoms with E-state index in [1.54, 1.807) is 0 Å². The first-order valence-electron chi connectivity index (χ1n) is 5.51. The topological polar surface area (TPSA) is 12.0 Å². The van der Waals surface area contributed by atoms with Crippen LogP contribution in [0.2, 0.25) is 0 Å². The highest BCUT2D eigenvalue weighted by molar-refractivity contribution is 7.98. The first-order chi connectivity index (χ1) is 6.35. The smallest absolute Gasteiger partial charge is 0.0155 e. The molecule has 0 fully saturated rings. The molecule has 0 spiro atoms. The molecule has 0 aromatic carbocycles. The maximum atomic E-state index is 3.37. The number of nitrogens with one attached hydrogen (secondary N) is 1. The van der Waals surface area contributed by atoms with Gasteiger partial charge in [0.05, 0.1) is 0 Å². The second kappa shape index (κ2) is 10.4. The molecule has 80 valence electrons. The van der Waals surface area contributed by atoms with Gasteiger partial charge in [0.1, 0.15) is 0 Å². The van der Waals surface area contributed by atoms with Crippen LogP contribution < -0.4 is 5.32 Å². The summed E-state index contributed by atoms with van der Waals surface area (Å²) in [6.45, 7) is 2.27. The summed E-state index contributed by atoms with van der Waals surface area (Å²) in [5, 5.41) is 3.37. The van der Waals surface area contributed by atoms with Gasteiger partial charge >= 0.3 is 0 Å². The maximum absolute atomic E-state index is 3.37. The lowest BCUT2D eigenvalue weighted by molar-refractivity contribution is 0.518. The van der Waals surface area contributed by atoms with Crippen LogP contribution in [0.4, 0.5) is 0 Å². The standard InChI is InChI=1S/C11H25NS/c1-4-5-6-7-8-9-11(12-2)10-13-3/h11-12H,4-10H2,1-3H3. The SMILES string of the molecule is CCCCCCCC(CSC)NC. The predicted octanol–water partition coefficient (Wildman–Crippen LogP) is 3.30. The maximum Gasteiger partial charge on any atom is 0.0155 e. The van der Waals surface area contributed by atoms with Crippen molar-refractivity contribution in [2.75, 3.05) is 19.1 Å². The van der Waals surface area contributed by atoms with Crippen molar-refractivity contribution in [3.05, 3.63) is 0 Å². The van der Waals surface area contributed by atoms with E-state index in [0.717, 1.165) is 6.04 Å². The van der Waals surface area contributed by atoms with Gasteiger partial charge in [-0.25, -0.2) is 0 Å². The van der Waals surface area contributed by atoms with Gasteiger partial charge in [-0.1, -0.05) is 39.0 Å². The predicted molar refractivity (Wildman–Crippen MR) is 64.6 cm³/mol. The molecule has 0 radical (unpaired) electrons. The first kappa shape index (κ1) is 13.3. The highest BCUT2D eigenvalue weighted by Gasteiger charge is 2.03. The summed E-state index contributed by atoms with van der Waals surface area (Å²) in [5.74, 6) is 1.25. The Morgan fingerprint density at radius 1 is 1.15 bits per heavy atom. The van der Waals surface area contributed by atoms with Crippen molar-refractivity contribution >= 4 is 11.8 Å². The lowest BCUT2D eigenvalue weighted by atomic mass is 10.1. The van der Waals surface area contributed by atoms with Crippen LogP contribution in [-0.2, 0) is 0 Å². The summed E-state index contributed by atoms with van der Waals surface area (Å²) < 4.78 is 0. The molecule has 1 atom stereocenters. The summed E-state index contributed by atoms with van der Waals surface area (Å²) in [5.41, 5.74) is 0. The number of rotatable bonds is 9. The van der Waals surface area contributed by atoms with E-state index < -0.39 is 0 Å². The van der Waals surface area contributed by atoms with Crippen LogP contribution in [0.5, 0.6) is 0 Å². The number of unbranched alkanes of at least 4 members (excludes halogenated alkanes) is 4. The molecule has 0 aliphatic heterocycles. The van der Waals surface area contributed by atoms with Crippen molar-refractivity contribution in [2.24, 2.45) is 0 Å². The first-order valence-corrected chi connectivity index (χ1v) is 6.90. The fourth-order valence-electron chi connectivity index (χ4n) is 1.51. The van der Waals surface area contributed by atoms with Crippen LogP contribution in [0.1, 0.15) is 45.4 Å². The molecule has 0 bridgehead atoms. The molecule has 0 saturated carbocycles. The van der Waals surface area contributed by atoms with Crippen LogP contribution >= 0.6 is 11.8 Å². The Morgan fingerprint density at radius 3 is 2.38 bits per heavy atom. The van der Waals surface area contributed by atoms with Crippen molar-refractivity contribution in [2.45, 2.75) is 51.5 Å². The van der Waals surface area contributed by atoms with Crippen LogP contribution in [0.15, 0.2) is 0 Å². The fraction of sp³-hybridized carbons (Fsp3) is 1.00. The average molecular weight is 203 g/mol. The minimum atomic E-state index is 0.733. The van der Waals surface area contributed by atoms with E-state index >= 15 is 0 Å². The Kier molecular flexibility index (Phi) is 10.6. The fourth-order valence-corrected chi connectivity index (χ4v) is 2.24. The van der Waals surface area contributed by atoms with E-state index in [2.05, 4.69) is 25.5 Å². The Labute approximate surface area is 88.1 Å². The molecule has 0 heterocycles. The van der Waals surface area contributed by atoms with E-state index in [0.29, 0.717) is 0 Å². The number of thioether (sulfide) groups is 1. The molecule has 0 aromatic rings. The van der Waals surface area contributed by atoms with Crippen molar-refractivity contribution in [3.63, 3.8) is 0 Å². The highest BCUT2D eigenvalue weighted by atomic mass is 32.2. The van der Waals surface area contributed by atoms with Crippen LogP contribution in [0, 0.1) is 0 Å². The molecule has 2 heteroatoms. The summed E-state index contributed by atoms with van der Waals surface area (Å²) in [6.07, 6.45) is 10.5. The van der Waals surface area contributed by atoms with Gasteiger partial charge in [0.2, 0.25) is 0 Å². The van der Waals surface area contributed by atoms with Gasteiger partial charge in [0, 0.05) is 11.8 Å².